The first kappa shape index (κ1) is 20.9. The number of carbonyl (C=O) groups is 2. The van der Waals surface area contributed by atoms with Crippen molar-refractivity contribution in [3.05, 3.63) is 45.0 Å². The van der Waals surface area contributed by atoms with Crippen LogP contribution in [-0.4, -0.2) is 49.8 Å². The van der Waals surface area contributed by atoms with Gasteiger partial charge in [0.1, 0.15) is 5.82 Å². The standard InChI is InChI=1S/C23H29N5O4/c1-14-12-19(32-26-14)23(31)28-10-5-4-8-18(28)20-24-17-9-11-27(13-16(17)21(29)25-20)22(30)15-6-2-3-7-15/h12,15,18H,2-11,13H2,1H3,(H,24,25,29)/t18-/m0/s1. The zero-order valence-corrected chi connectivity index (χ0v) is 18.4. The molecule has 2 aromatic heterocycles. The Morgan fingerprint density at radius 1 is 1.12 bits per heavy atom. The molecular weight excluding hydrogens is 410 g/mol. The smallest absolute Gasteiger partial charge is 0.293 e. The topological polar surface area (TPSA) is 112 Å². The molecule has 2 aromatic rings. The summed E-state index contributed by atoms with van der Waals surface area (Å²) in [6, 6.07) is 1.32. The monoisotopic (exact) mass is 439 g/mol. The molecule has 3 aliphatic rings. The zero-order valence-electron chi connectivity index (χ0n) is 18.4. The van der Waals surface area contributed by atoms with E-state index in [9.17, 15) is 14.4 Å². The SMILES string of the molecule is Cc1cc(C(=O)N2CCCC[C@H]2c2nc3c(c(=O)[nH]2)CN(C(=O)C2CCCC2)CC3)on1. The summed E-state index contributed by atoms with van der Waals surface area (Å²) in [5.74, 6) is 0.765. The highest BCUT2D eigenvalue weighted by Gasteiger charge is 2.35. The van der Waals surface area contributed by atoms with Crippen molar-refractivity contribution in [3.8, 4) is 0 Å². The van der Waals surface area contributed by atoms with Crippen LogP contribution in [0.2, 0.25) is 0 Å². The maximum atomic E-state index is 13.0. The Hall–Kier alpha value is -2.97. The number of nitrogens with one attached hydrogen (secondary N) is 1. The number of hydrogen-bond donors (Lipinski definition) is 1. The number of hydrogen-bond acceptors (Lipinski definition) is 6. The Kier molecular flexibility index (Phi) is 5.57. The lowest BCUT2D eigenvalue weighted by Crippen LogP contribution is -2.43. The Bertz CT molecular complexity index is 1080. The summed E-state index contributed by atoms with van der Waals surface area (Å²) in [6.45, 7) is 3.26. The van der Waals surface area contributed by atoms with Gasteiger partial charge in [0, 0.05) is 31.5 Å². The maximum absolute atomic E-state index is 13.0. The molecule has 1 saturated heterocycles. The predicted octanol–water partition coefficient (Wildman–Crippen LogP) is 2.51. The van der Waals surface area contributed by atoms with Crippen LogP contribution in [-0.2, 0) is 17.8 Å². The highest BCUT2D eigenvalue weighted by molar-refractivity contribution is 5.91. The second-order valence-electron chi connectivity index (χ2n) is 9.21. The second-order valence-corrected chi connectivity index (χ2v) is 9.21. The number of piperidine rings is 1. The lowest BCUT2D eigenvalue weighted by Gasteiger charge is -2.35. The van der Waals surface area contributed by atoms with Crippen molar-refractivity contribution in [1.82, 2.24) is 24.9 Å². The molecule has 5 rings (SSSR count). The molecule has 4 heterocycles. The minimum absolute atomic E-state index is 0.101. The van der Waals surface area contributed by atoms with Crippen LogP contribution < -0.4 is 5.56 Å². The van der Waals surface area contributed by atoms with E-state index in [1.54, 1.807) is 17.9 Å². The number of H-pyrrole nitrogens is 1. The van der Waals surface area contributed by atoms with Gasteiger partial charge in [0.15, 0.2) is 0 Å². The summed E-state index contributed by atoms with van der Waals surface area (Å²) in [5.41, 5.74) is 1.76. The summed E-state index contributed by atoms with van der Waals surface area (Å²) < 4.78 is 5.18. The molecule has 2 amide bonds. The quantitative estimate of drug-likeness (QED) is 0.786. The number of aromatic amines is 1. The Morgan fingerprint density at radius 2 is 1.91 bits per heavy atom. The van der Waals surface area contributed by atoms with E-state index in [0.717, 1.165) is 50.6 Å². The second kappa shape index (κ2) is 8.52. The van der Waals surface area contributed by atoms with E-state index in [4.69, 9.17) is 9.51 Å². The van der Waals surface area contributed by atoms with Crippen molar-refractivity contribution in [3.63, 3.8) is 0 Å². The van der Waals surface area contributed by atoms with Gasteiger partial charge in [-0.15, -0.1) is 0 Å². The van der Waals surface area contributed by atoms with Crippen molar-refractivity contribution >= 4 is 11.8 Å². The fourth-order valence-corrected chi connectivity index (χ4v) is 5.29. The van der Waals surface area contributed by atoms with E-state index >= 15 is 0 Å². The highest BCUT2D eigenvalue weighted by Crippen LogP contribution is 2.32. The molecular formula is C23H29N5O4. The van der Waals surface area contributed by atoms with E-state index in [1.807, 2.05) is 4.90 Å². The summed E-state index contributed by atoms with van der Waals surface area (Å²) in [5, 5.41) is 3.82. The van der Waals surface area contributed by atoms with Crippen molar-refractivity contribution in [2.45, 2.75) is 70.9 Å². The number of fused-ring (bicyclic) bond motifs is 1. The van der Waals surface area contributed by atoms with E-state index in [1.165, 1.54) is 0 Å². The van der Waals surface area contributed by atoms with Crippen molar-refractivity contribution in [2.24, 2.45) is 5.92 Å². The number of nitrogens with zero attached hydrogens (tertiary/aromatic N) is 4. The molecule has 1 N–H and O–H groups in total. The van der Waals surface area contributed by atoms with Gasteiger partial charge in [-0.2, -0.15) is 0 Å². The first-order chi connectivity index (χ1) is 15.5. The van der Waals surface area contributed by atoms with Crippen LogP contribution in [0.25, 0.3) is 0 Å². The Labute approximate surface area is 186 Å². The normalized spacial score (nSPS) is 21.6. The molecule has 9 heteroatoms. The molecule has 0 radical (unpaired) electrons. The van der Waals surface area contributed by atoms with Crippen molar-refractivity contribution < 1.29 is 14.1 Å². The van der Waals surface area contributed by atoms with E-state index in [0.29, 0.717) is 43.1 Å². The van der Waals surface area contributed by atoms with Gasteiger partial charge in [0.05, 0.1) is 29.5 Å². The van der Waals surface area contributed by atoms with Gasteiger partial charge in [0.25, 0.3) is 11.5 Å². The number of aryl methyl sites for hydroxylation is 1. The van der Waals surface area contributed by atoms with Crippen molar-refractivity contribution in [2.75, 3.05) is 13.1 Å². The van der Waals surface area contributed by atoms with Gasteiger partial charge in [-0.3, -0.25) is 14.4 Å². The molecule has 0 unspecified atom stereocenters. The molecule has 1 atom stereocenters. The van der Waals surface area contributed by atoms with E-state index in [-0.39, 0.29) is 35.1 Å². The summed E-state index contributed by atoms with van der Waals surface area (Å²) in [4.78, 5) is 50.1. The molecule has 2 aliphatic heterocycles. The molecule has 2 fully saturated rings. The van der Waals surface area contributed by atoms with Crippen LogP contribution in [0.3, 0.4) is 0 Å². The molecule has 0 bridgehead atoms. The molecule has 0 aromatic carbocycles. The van der Waals surface area contributed by atoms with Gasteiger partial charge in [-0.1, -0.05) is 18.0 Å². The predicted molar refractivity (Wildman–Crippen MR) is 115 cm³/mol. The highest BCUT2D eigenvalue weighted by atomic mass is 16.5. The molecule has 9 nitrogen and oxygen atoms in total. The van der Waals surface area contributed by atoms with Crippen molar-refractivity contribution in [1.29, 1.82) is 0 Å². The zero-order chi connectivity index (χ0) is 22.2. The third-order valence-electron chi connectivity index (χ3n) is 7.02. The minimum Gasteiger partial charge on any atom is -0.351 e. The van der Waals surface area contributed by atoms with Crippen LogP contribution in [0.15, 0.2) is 15.4 Å². The molecule has 32 heavy (non-hydrogen) atoms. The van der Waals surface area contributed by atoms with Gasteiger partial charge >= 0.3 is 0 Å². The number of carbonyl (C=O) groups excluding carboxylic acids is 2. The lowest BCUT2D eigenvalue weighted by atomic mass is 9.99. The largest absolute Gasteiger partial charge is 0.351 e. The van der Waals surface area contributed by atoms with Crippen LogP contribution >= 0.6 is 0 Å². The van der Waals surface area contributed by atoms with Gasteiger partial charge in [0.2, 0.25) is 11.7 Å². The molecule has 1 saturated carbocycles. The van der Waals surface area contributed by atoms with Crippen LogP contribution in [0.1, 0.15) is 84.3 Å². The first-order valence-electron chi connectivity index (χ1n) is 11.7. The fraction of sp³-hybridized carbons (Fsp3) is 0.609. The van der Waals surface area contributed by atoms with Crippen LogP contribution in [0, 0.1) is 12.8 Å². The van der Waals surface area contributed by atoms with E-state index in [2.05, 4.69) is 10.1 Å². The summed E-state index contributed by atoms with van der Waals surface area (Å²) >= 11 is 0. The number of likely N-dealkylation sites (tertiary alicyclic amines) is 1. The third-order valence-corrected chi connectivity index (χ3v) is 7.02. The molecule has 170 valence electrons. The number of rotatable bonds is 3. The lowest BCUT2D eigenvalue weighted by molar-refractivity contribution is -0.136. The van der Waals surface area contributed by atoms with Gasteiger partial charge in [-0.25, -0.2) is 4.98 Å². The number of aromatic nitrogens is 3. The number of amides is 2. The summed E-state index contributed by atoms with van der Waals surface area (Å²) in [7, 11) is 0. The molecule has 1 aliphatic carbocycles. The third kappa shape index (κ3) is 3.84. The van der Waals surface area contributed by atoms with Gasteiger partial charge < -0.3 is 19.3 Å². The Morgan fingerprint density at radius 3 is 2.66 bits per heavy atom. The average Bonchev–Trinajstić information content (AvgIpc) is 3.50. The fourth-order valence-electron chi connectivity index (χ4n) is 5.29. The van der Waals surface area contributed by atoms with Crippen LogP contribution in [0.5, 0.6) is 0 Å². The van der Waals surface area contributed by atoms with Gasteiger partial charge in [-0.05, 0) is 39.0 Å². The summed E-state index contributed by atoms with van der Waals surface area (Å²) in [6.07, 6.45) is 7.25. The minimum atomic E-state index is -0.308. The first-order valence-corrected chi connectivity index (χ1v) is 11.7. The molecule has 0 spiro atoms. The Balaban J connectivity index is 1.39. The van der Waals surface area contributed by atoms with Crippen LogP contribution in [0.4, 0.5) is 0 Å². The maximum Gasteiger partial charge on any atom is 0.293 e. The average molecular weight is 440 g/mol. The van der Waals surface area contributed by atoms with E-state index < -0.39 is 0 Å².